The molecular weight excluding hydrogens is 230 g/mol. The Kier molecular flexibility index (Phi) is 7.46. The van der Waals surface area contributed by atoms with E-state index in [1.807, 2.05) is 0 Å². The lowest BCUT2D eigenvalue weighted by molar-refractivity contribution is -0.144. The maximum absolute atomic E-state index is 11.4. The van der Waals surface area contributed by atoms with Gasteiger partial charge in [-0.1, -0.05) is 25.7 Å². The highest BCUT2D eigenvalue weighted by Crippen LogP contribution is 2.28. The molecule has 1 N–H and O–H groups in total. The van der Waals surface area contributed by atoms with Gasteiger partial charge in [0.15, 0.2) is 0 Å². The van der Waals surface area contributed by atoms with E-state index < -0.39 is 0 Å². The average molecular weight is 255 g/mol. The van der Waals surface area contributed by atoms with E-state index in [-0.39, 0.29) is 24.7 Å². The molecule has 4 heteroatoms. The fourth-order valence-corrected chi connectivity index (χ4v) is 2.45. The Hall–Kier alpha value is -1.06. The molecule has 0 saturated heterocycles. The number of ether oxygens (including phenoxy) is 1. The van der Waals surface area contributed by atoms with Crippen molar-refractivity contribution in [3.05, 3.63) is 0 Å². The fraction of sp³-hybridized carbons (Fsp3) is 0.857. The molecule has 4 nitrogen and oxygen atoms in total. The normalized spacial score (nSPS) is 15.6. The van der Waals surface area contributed by atoms with Crippen LogP contribution in [0.5, 0.6) is 0 Å². The molecule has 0 heterocycles. The molecule has 104 valence electrons. The van der Waals surface area contributed by atoms with Gasteiger partial charge in [0.2, 0.25) is 5.91 Å². The highest BCUT2D eigenvalue weighted by atomic mass is 16.5. The predicted octanol–water partition coefficient (Wildman–Crippen LogP) is 2.42. The van der Waals surface area contributed by atoms with Crippen LogP contribution in [-0.2, 0) is 14.3 Å². The van der Waals surface area contributed by atoms with Crippen LogP contribution in [-0.4, -0.2) is 25.0 Å². The van der Waals surface area contributed by atoms with Crippen LogP contribution in [0.4, 0.5) is 0 Å². The van der Waals surface area contributed by atoms with Gasteiger partial charge in [0.25, 0.3) is 0 Å². The molecule has 0 aromatic heterocycles. The number of amides is 1. The molecule has 0 spiro atoms. The van der Waals surface area contributed by atoms with Crippen LogP contribution in [0.15, 0.2) is 0 Å². The number of carbonyl (C=O) groups excluding carboxylic acids is 2. The van der Waals surface area contributed by atoms with Gasteiger partial charge < -0.3 is 10.1 Å². The third-order valence-corrected chi connectivity index (χ3v) is 3.45. The number of nitrogens with one attached hydrogen (secondary N) is 1. The molecule has 1 aliphatic carbocycles. The standard InChI is InChI=1S/C14H25NO3/c1-2-18-14(17)10-9-13(16)15-11-5-8-12-6-3-4-7-12/h12H,2-11H2,1H3,(H,15,16). The van der Waals surface area contributed by atoms with Gasteiger partial charge in [0.05, 0.1) is 13.0 Å². The molecule has 0 aliphatic heterocycles. The molecule has 1 amide bonds. The number of rotatable bonds is 8. The topological polar surface area (TPSA) is 55.4 Å². The Labute approximate surface area is 109 Å². The number of esters is 1. The van der Waals surface area contributed by atoms with Crippen LogP contribution in [0.3, 0.4) is 0 Å². The Morgan fingerprint density at radius 3 is 2.61 bits per heavy atom. The zero-order valence-corrected chi connectivity index (χ0v) is 11.4. The van der Waals surface area contributed by atoms with Crippen molar-refractivity contribution in [1.29, 1.82) is 0 Å². The first-order valence-corrected chi connectivity index (χ1v) is 7.14. The summed E-state index contributed by atoms with van der Waals surface area (Å²) in [4.78, 5) is 22.5. The summed E-state index contributed by atoms with van der Waals surface area (Å²) in [6, 6.07) is 0. The highest BCUT2D eigenvalue weighted by Gasteiger charge is 2.14. The first-order valence-electron chi connectivity index (χ1n) is 7.14. The molecule has 0 aromatic carbocycles. The summed E-state index contributed by atoms with van der Waals surface area (Å²) in [7, 11) is 0. The van der Waals surface area contributed by atoms with E-state index in [2.05, 4.69) is 5.32 Å². The second kappa shape index (κ2) is 8.95. The van der Waals surface area contributed by atoms with Crippen LogP contribution < -0.4 is 5.32 Å². The van der Waals surface area contributed by atoms with Crippen molar-refractivity contribution in [2.24, 2.45) is 5.92 Å². The highest BCUT2D eigenvalue weighted by molar-refractivity contribution is 5.81. The Morgan fingerprint density at radius 1 is 1.22 bits per heavy atom. The van der Waals surface area contributed by atoms with E-state index in [9.17, 15) is 9.59 Å². The minimum atomic E-state index is -0.293. The van der Waals surface area contributed by atoms with Gasteiger partial charge in [0.1, 0.15) is 0 Å². The second-order valence-corrected chi connectivity index (χ2v) is 4.95. The summed E-state index contributed by atoms with van der Waals surface area (Å²) in [5.74, 6) is 0.537. The summed E-state index contributed by atoms with van der Waals surface area (Å²) in [5.41, 5.74) is 0. The molecule has 0 aromatic rings. The summed E-state index contributed by atoms with van der Waals surface area (Å²) >= 11 is 0. The zero-order chi connectivity index (χ0) is 13.2. The van der Waals surface area contributed by atoms with Gasteiger partial charge in [-0.05, 0) is 25.7 Å². The van der Waals surface area contributed by atoms with Gasteiger partial charge in [-0.2, -0.15) is 0 Å². The van der Waals surface area contributed by atoms with E-state index in [1.165, 1.54) is 32.1 Å². The van der Waals surface area contributed by atoms with Crippen molar-refractivity contribution in [2.45, 2.75) is 58.3 Å². The molecule has 0 atom stereocenters. The van der Waals surface area contributed by atoms with E-state index in [0.717, 1.165) is 18.9 Å². The van der Waals surface area contributed by atoms with E-state index in [0.29, 0.717) is 6.61 Å². The lowest BCUT2D eigenvalue weighted by atomic mass is 10.0. The van der Waals surface area contributed by atoms with Crippen LogP contribution in [0.25, 0.3) is 0 Å². The van der Waals surface area contributed by atoms with Crippen molar-refractivity contribution in [2.75, 3.05) is 13.2 Å². The zero-order valence-electron chi connectivity index (χ0n) is 11.4. The van der Waals surface area contributed by atoms with Crippen LogP contribution in [0, 0.1) is 5.92 Å². The number of carbonyl (C=O) groups is 2. The molecule has 1 fully saturated rings. The Balaban J connectivity index is 1.94. The minimum Gasteiger partial charge on any atom is -0.466 e. The number of hydrogen-bond acceptors (Lipinski definition) is 3. The summed E-state index contributed by atoms with van der Waals surface area (Å²) in [5, 5.41) is 2.86. The SMILES string of the molecule is CCOC(=O)CCC(=O)NCCCC1CCCC1. The van der Waals surface area contributed by atoms with Crippen molar-refractivity contribution in [1.82, 2.24) is 5.32 Å². The first-order chi connectivity index (χ1) is 8.72. The molecule has 1 rings (SSSR count). The van der Waals surface area contributed by atoms with Crippen molar-refractivity contribution < 1.29 is 14.3 Å². The third kappa shape index (κ3) is 6.62. The summed E-state index contributed by atoms with van der Waals surface area (Å²) in [6.07, 6.45) is 8.15. The lowest BCUT2D eigenvalue weighted by Gasteiger charge is -2.09. The minimum absolute atomic E-state index is 0.0468. The Bertz CT molecular complexity index is 260. The molecule has 0 bridgehead atoms. The molecule has 1 saturated carbocycles. The third-order valence-electron chi connectivity index (χ3n) is 3.45. The van der Waals surface area contributed by atoms with E-state index >= 15 is 0 Å². The van der Waals surface area contributed by atoms with Crippen LogP contribution >= 0.6 is 0 Å². The lowest BCUT2D eigenvalue weighted by Crippen LogP contribution is -2.25. The van der Waals surface area contributed by atoms with Gasteiger partial charge in [-0.25, -0.2) is 0 Å². The van der Waals surface area contributed by atoms with Crippen molar-refractivity contribution in [3.63, 3.8) is 0 Å². The fourth-order valence-electron chi connectivity index (χ4n) is 2.45. The average Bonchev–Trinajstić information content (AvgIpc) is 2.85. The molecule has 0 radical (unpaired) electrons. The van der Waals surface area contributed by atoms with Gasteiger partial charge in [-0.3, -0.25) is 9.59 Å². The van der Waals surface area contributed by atoms with E-state index in [4.69, 9.17) is 4.74 Å². The summed E-state index contributed by atoms with van der Waals surface area (Å²) in [6.45, 7) is 2.88. The molecule has 0 unspecified atom stereocenters. The Morgan fingerprint density at radius 2 is 1.94 bits per heavy atom. The molecule has 18 heavy (non-hydrogen) atoms. The van der Waals surface area contributed by atoms with Gasteiger partial charge in [-0.15, -0.1) is 0 Å². The van der Waals surface area contributed by atoms with Crippen LogP contribution in [0.1, 0.15) is 58.3 Å². The maximum Gasteiger partial charge on any atom is 0.306 e. The van der Waals surface area contributed by atoms with E-state index in [1.54, 1.807) is 6.92 Å². The van der Waals surface area contributed by atoms with Gasteiger partial charge >= 0.3 is 5.97 Å². The monoisotopic (exact) mass is 255 g/mol. The molecule has 1 aliphatic rings. The first kappa shape index (κ1) is 15.0. The second-order valence-electron chi connectivity index (χ2n) is 4.95. The summed E-state index contributed by atoms with van der Waals surface area (Å²) < 4.78 is 4.77. The largest absolute Gasteiger partial charge is 0.466 e. The predicted molar refractivity (Wildman–Crippen MR) is 70.1 cm³/mol. The smallest absolute Gasteiger partial charge is 0.306 e. The van der Waals surface area contributed by atoms with Crippen molar-refractivity contribution >= 4 is 11.9 Å². The quantitative estimate of drug-likeness (QED) is 0.535. The number of hydrogen-bond donors (Lipinski definition) is 1. The molecular formula is C14H25NO3. The van der Waals surface area contributed by atoms with Gasteiger partial charge in [0, 0.05) is 13.0 Å². The van der Waals surface area contributed by atoms with Crippen molar-refractivity contribution in [3.8, 4) is 0 Å². The van der Waals surface area contributed by atoms with Crippen LogP contribution in [0.2, 0.25) is 0 Å². The maximum atomic E-state index is 11.4.